The van der Waals surface area contributed by atoms with E-state index in [0.29, 0.717) is 0 Å². The molecule has 1 rings (SSSR count). The average molecular weight is 233 g/mol. The van der Waals surface area contributed by atoms with Gasteiger partial charge in [0.25, 0.3) is 0 Å². The third kappa shape index (κ3) is 3.08. The molecule has 0 amide bonds. The molecule has 16 heavy (non-hydrogen) atoms. The van der Waals surface area contributed by atoms with Crippen LogP contribution in [0.5, 0.6) is 0 Å². The Morgan fingerprint density at radius 1 is 1.19 bits per heavy atom. The highest BCUT2D eigenvalue weighted by Gasteiger charge is 2.32. The van der Waals surface area contributed by atoms with E-state index in [1.54, 1.807) is 0 Å². The standard InChI is InChI=1S/C10H7F4NO/c11-7-3-1-6(2-4-7)8(16)5-9(15)10(12,13)14/h1-5H,15H2. The minimum Gasteiger partial charge on any atom is -0.395 e. The van der Waals surface area contributed by atoms with Gasteiger partial charge >= 0.3 is 6.18 Å². The Balaban J connectivity index is 2.92. The number of hydrogen-bond acceptors (Lipinski definition) is 2. The average Bonchev–Trinajstić information content (AvgIpc) is 2.17. The monoisotopic (exact) mass is 233 g/mol. The Bertz CT molecular complexity index is 419. The normalized spacial score (nSPS) is 12.6. The second kappa shape index (κ2) is 4.34. The van der Waals surface area contributed by atoms with Crippen molar-refractivity contribution in [3.63, 3.8) is 0 Å². The van der Waals surface area contributed by atoms with Crippen molar-refractivity contribution in [2.24, 2.45) is 5.73 Å². The number of carbonyl (C=O) groups is 1. The smallest absolute Gasteiger partial charge is 0.395 e. The number of benzene rings is 1. The SMILES string of the molecule is NC(=CC(=O)c1ccc(F)cc1)C(F)(F)F. The number of nitrogens with two attached hydrogens (primary N) is 1. The lowest BCUT2D eigenvalue weighted by Crippen LogP contribution is -2.20. The van der Waals surface area contributed by atoms with E-state index >= 15 is 0 Å². The van der Waals surface area contributed by atoms with Crippen molar-refractivity contribution in [2.75, 3.05) is 0 Å². The van der Waals surface area contributed by atoms with Gasteiger partial charge in [-0.25, -0.2) is 4.39 Å². The Morgan fingerprint density at radius 3 is 2.12 bits per heavy atom. The van der Waals surface area contributed by atoms with Crippen LogP contribution in [0, 0.1) is 5.82 Å². The molecule has 0 aliphatic carbocycles. The fraction of sp³-hybridized carbons (Fsp3) is 0.100. The third-order valence-corrected chi connectivity index (χ3v) is 1.74. The molecule has 0 unspecified atom stereocenters. The molecule has 0 saturated heterocycles. The molecule has 0 heterocycles. The molecule has 0 saturated carbocycles. The molecule has 0 aliphatic rings. The molecule has 0 aliphatic heterocycles. The van der Waals surface area contributed by atoms with Crippen LogP contribution in [0.25, 0.3) is 0 Å². The maximum Gasteiger partial charge on any atom is 0.430 e. The van der Waals surface area contributed by atoms with Crippen molar-refractivity contribution >= 4 is 5.78 Å². The largest absolute Gasteiger partial charge is 0.430 e. The molecule has 2 nitrogen and oxygen atoms in total. The zero-order valence-corrected chi connectivity index (χ0v) is 7.88. The highest BCUT2D eigenvalue weighted by Crippen LogP contribution is 2.21. The van der Waals surface area contributed by atoms with Crippen molar-refractivity contribution < 1.29 is 22.4 Å². The molecule has 0 fully saturated rings. The van der Waals surface area contributed by atoms with Crippen molar-refractivity contribution in [2.45, 2.75) is 6.18 Å². The summed E-state index contributed by atoms with van der Waals surface area (Å²) < 4.78 is 48.4. The first kappa shape index (κ1) is 12.2. The van der Waals surface area contributed by atoms with Crippen LogP contribution in [0.1, 0.15) is 10.4 Å². The van der Waals surface area contributed by atoms with Crippen molar-refractivity contribution in [1.82, 2.24) is 0 Å². The van der Waals surface area contributed by atoms with Gasteiger partial charge in [0, 0.05) is 11.6 Å². The molecule has 86 valence electrons. The van der Waals surface area contributed by atoms with E-state index in [1.165, 1.54) is 0 Å². The summed E-state index contributed by atoms with van der Waals surface area (Å²) in [5.41, 5.74) is 3.11. The molecule has 0 atom stereocenters. The third-order valence-electron chi connectivity index (χ3n) is 1.74. The molecule has 0 bridgehead atoms. The van der Waals surface area contributed by atoms with Crippen LogP contribution < -0.4 is 5.73 Å². The summed E-state index contributed by atoms with van der Waals surface area (Å²) in [6, 6.07) is 4.12. The predicted octanol–water partition coefficient (Wildman–Crippen LogP) is 2.41. The van der Waals surface area contributed by atoms with E-state index < -0.39 is 23.5 Å². The van der Waals surface area contributed by atoms with Gasteiger partial charge < -0.3 is 5.73 Å². The Labute approximate surface area is 88.4 Å². The van der Waals surface area contributed by atoms with Crippen LogP contribution in [-0.4, -0.2) is 12.0 Å². The molecule has 1 aromatic carbocycles. The van der Waals surface area contributed by atoms with E-state index in [0.717, 1.165) is 24.3 Å². The second-order valence-electron chi connectivity index (χ2n) is 2.97. The number of hydrogen-bond donors (Lipinski definition) is 1. The molecule has 0 spiro atoms. The Morgan fingerprint density at radius 2 is 1.69 bits per heavy atom. The van der Waals surface area contributed by atoms with E-state index in [9.17, 15) is 22.4 Å². The molecule has 1 aromatic rings. The lowest BCUT2D eigenvalue weighted by molar-refractivity contribution is -0.0927. The summed E-state index contributed by atoms with van der Waals surface area (Å²) >= 11 is 0. The van der Waals surface area contributed by atoms with E-state index in [-0.39, 0.29) is 11.6 Å². The van der Waals surface area contributed by atoms with Gasteiger partial charge in [-0.2, -0.15) is 13.2 Å². The summed E-state index contributed by atoms with van der Waals surface area (Å²) in [6.07, 6.45) is -4.47. The van der Waals surface area contributed by atoms with Gasteiger partial charge in [-0.05, 0) is 24.3 Å². The predicted molar refractivity (Wildman–Crippen MR) is 49.1 cm³/mol. The first-order chi connectivity index (χ1) is 7.30. The summed E-state index contributed by atoms with van der Waals surface area (Å²) in [7, 11) is 0. The number of ketones is 1. The first-order valence-corrected chi connectivity index (χ1v) is 4.15. The molecule has 6 heteroatoms. The summed E-state index contributed by atoms with van der Waals surface area (Å²) in [5.74, 6) is -1.50. The fourth-order valence-corrected chi connectivity index (χ4v) is 0.921. The number of allylic oxidation sites excluding steroid dienone is 2. The summed E-state index contributed by atoms with van der Waals surface area (Å²) in [6.45, 7) is 0. The fourth-order valence-electron chi connectivity index (χ4n) is 0.921. The van der Waals surface area contributed by atoms with Gasteiger partial charge in [0.2, 0.25) is 0 Å². The number of alkyl halides is 3. The van der Waals surface area contributed by atoms with Crippen LogP contribution in [-0.2, 0) is 0 Å². The van der Waals surface area contributed by atoms with Crippen LogP contribution in [0.3, 0.4) is 0 Å². The highest BCUT2D eigenvalue weighted by molar-refractivity contribution is 6.04. The maximum atomic E-state index is 12.5. The topological polar surface area (TPSA) is 43.1 Å². The maximum absolute atomic E-state index is 12.5. The Hall–Kier alpha value is -1.85. The van der Waals surface area contributed by atoms with Crippen molar-refractivity contribution in [3.8, 4) is 0 Å². The second-order valence-corrected chi connectivity index (χ2v) is 2.97. The van der Waals surface area contributed by atoms with Crippen molar-refractivity contribution in [3.05, 3.63) is 47.4 Å². The number of rotatable bonds is 2. The van der Waals surface area contributed by atoms with Gasteiger partial charge in [-0.1, -0.05) is 0 Å². The zero-order valence-electron chi connectivity index (χ0n) is 7.88. The Kier molecular flexibility index (Phi) is 3.31. The van der Waals surface area contributed by atoms with Crippen LogP contribution >= 0.6 is 0 Å². The summed E-state index contributed by atoms with van der Waals surface area (Å²) in [5, 5.41) is 0. The number of carbonyl (C=O) groups excluding carboxylic acids is 1. The van der Waals surface area contributed by atoms with Crippen LogP contribution in [0.4, 0.5) is 17.6 Å². The van der Waals surface area contributed by atoms with E-state index in [1.807, 2.05) is 0 Å². The highest BCUT2D eigenvalue weighted by atomic mass is 19.4. The van der Waals surface area contributed by atoms with Gasteiger partial charge in [-0.3, -0.25) is 4.79 Å². The minimum absolute atomic E-state index is 0.0615. The molecule has 0 radical (unpaired) electrons. The van der Waals surface area contributed by atoms with E-state index in [2.05, 4.69) is 5.73 Å². The first-order valence-electron chi connectivity index (χ1n) is 4.15. The van der Waals surface area contributed by atoms with Crippen LogP contribution in [0.15, 0.2) is 36.0 Å². The summed E-state index contributed by atoms with van der Waals surface area (Å²) in [4.78, 5) is 11.2. The lowest BCUT2D eigenvalue weighted by Gasteiger charge is -2.05. The van der Waals surface area contributed by atoms with Gasteiger partial charge in [-0.15, -0.1) is 0 Å². The zero-order chi connectivity index (χ0) is 12.3. The van der Waals surface area contributed by atoms with Gasteiger partial charge in [0.15, 0.2) is 5.78 Å². The molecular formula is C10H7F4NO. The number of halogens is 4. The molecular weight excluding hydrogens is 226 g/mol. The lowest BCUT2D eigenvalue weighted by atomic mass is 10.1. The molecule has 0 aromatic heterocycles. The van der Waals surface area contributed by atoms with Crippen LogP contribution in [0.2, 0.25) is 0 Å². The van der Waals surface area contributed by atoms with E-state index in [4.69, 9.17) is 0 Å². The van der Waals surface area contributed by atoms with Gasteiger partial charge in [0.1, 0.15) is 11.5 Å². The quantitative estimate of drug-likeness (QED) is 0.484. The van der Waals surface area contributed by atoms with Gasteiger partial charge in [0.05, 0.1) is 0 Å². The van der Waals surface area contributed by atoms with Crippen molar-refractivity contribution in [1.29, 1.82) is 0 Å². The molecule has 2 N–H and O–H groups in total. The minimum atomic E-state index is -4.74.